The number of benzene rings is 1. The zero-order valence-electron chi connectivity index (χ0n) is 7.40. The minimum Gasteiger partial charge on any atom is -0.483 e. The van der Waals surface area contributed by atoms with Crippen molar-refractivity contribution in [1.29, 1.82) is 0 Å². The predicted molar refractivity (Wildman–Crippen MR) is 49.7 cm³/mol. The average Bonchev–Trinajstić information content (AvgIpc) is 2.54. The Bertz CT molecular complexity index is 292. The molecule has 0 aliphatic heterocycles. The van der Waals surface area contributed by atoms with Crippen LogP contribution in [0.2, 0.25) is 0 Å². The molecule has 0 spiro atoms. The fourth-order valence-corrected chi connectivity index (χ4v) is 1.57. The smallest absolute Gasteiger partial charge is 0.173 e. The lowest BCUT2D eigenvalue weighted by molar-refractivity contribution is -0.123. The van der Waals surface area contributed by atoms with Crippen LogP contribution in [0.5, 0.6) is 5.75 Å². The summed E-state index contributed by atoms with van der Waals surface area (Å²) < 4.78 is 5.54. The van der Waals surface area contributed by atoms with Gasteiger partial charge in [-0.05, 0) is 25.0 Å². The van der Waals surface area contributed by atoms with Gasteiger partial charge in [0.2, 0.25) is 0 Å². The number of ketones is 1. The van der Waals surface area contributed by atoms with E-state index in [1.165, 1.54) is 0 Å². The van der Waals surface area contributed by atoms with Crippen LogP contribution in [0.15, 0.2) is 30.3 Å². The number of carbonyl (C=O) groups is 1. The van der Waals surface area contributed by atoms with Crippen LogP contribution in [0.3, 0.4) is 0 Å². The van der Waals surface area contributed by atoms with Gasteiger partial charge >= 0.3 is 0 Å². The van der Waals surface area contributed by atoms with Crippen LogP contribution < -0.4 is 4.74 Å². The lowest BCUT2D eigenvalue weighted by Crippen LogP contribution is -2.20. The molecule has 13 heavy (non-hydrogen) atoms. The van der Waals surface area contributed by atoms with Gasteiger partial charge in [-0.3, -0.25) is 4.79 Å². The highest BCUT2D eigenvalue weighted by molar-refractivity contribution is 5.85. The summed E-state index contributed by atoms with van der Waals surface area (Å²) in [7, 11) is 0. The molecule has 0 aromatic heterocycles. The Morgan fingerprint density at radius 1 is 1.23 bits per heavy atom. The Morgan fingerprint density at radius 3 is 2.62 bits per heavy atom. The molecule has 1 aromatic carbocycles. The van der Waals surface area contributed by atoms with Gasteiger partial charge in [-0.2, -0.15) is 0 Å². The molecule has 0 saturated heterocycles. The quantitative estimate of drug-likeness (QED) is 0.690. The molecule has 1 aliphatic carbocycles. The van der Waals surface area contributed by atoms with E-state index in [1.807, 2.05) is 30.3 Å². The van der Waals surface area contributed by atoms with Gasteiger partial charge in [0, 0.05) is 6.42 Å². The molecule has 0 heterocycles. The Labute approximate surface area is 77.5 Å². The number of hydrogen-bond donors (Lipinski definition) is 0. The molecule has 1 aliphatic rings. The van der Waals surface area contributed by atoms with Gasteiger partial charge in [-0.15, -0.1) is 0 Å². The first kappa shape index (κ1) is 8.30. The second kappa shape index (κ2) is 3.60. The van der Waals surface area contributed by atoms with E-state index in [0.717, 1.165) is 18.6 Å². The van der Waals surface area contributed by atoms with E-state index in [0.29, 0.717) is 6.42 Å². The average molecular weight is 176 g/mol. The van der Waals surface area contributed by atoms with E-state index in [2.05, 4.69) is 0 Å². The van der Waals surface area contributed by atoms with Crippen LogP contribution in [-0.2, 0) is 4.79 Å². The summed E-state index contributed by atoms with van der Waals surface area (Å²) in [5, 5.41) is 0. The van der Waals surface area contributed by atoms with E-state index in [-0.39, 0.29) is 11.9 Å². The van der Waals surface area contributed by atoms with Crippen LogP contribution >= 0.6 is 0 Å². The zero-order valence-corrected chi connectivity index (χ0v) is 7.40. The molecule has 0 radical (unpaired) electrons. The molecular formula is C11H12O2. The fraction of sp³-hybridized carbons (Fsp3) is 0.364. The van der Waals surface area contributed by atoms with Gasteiger partial charge in [0.25, 0.3) is 0 Å². The lowest BCUT2D eigenvalue weighted by atomic mass is 10.3. The van der Waals surface area contributed by atoms with Crippen molar-refractivity contribution in [2.45, 2.75) is 25.4 Å². The van der Waals surface area contributed by atoms with Crippen molar-refractivity contribution in [3.05, 3.63) is 30.3 Å². The molecule has 2 rings (SSSR count). The molecule has 0 N–H and O–H groups in total. The first-order valence-electron chi connectivity index (χ1n) is 4.61. The minimum absolute atomic E-state index is 0.192. The van der Waals surface area contributed by atoms with E-state index in [4.69, 9.17) is 4.74 Å². The van der Waals surface area contributed by atoms with Gasteiger partial charge < -0.3 is 4.74 Å². The van der Waals surface area contributed by atoms with E-state index in [9.17, 15) is 4.79 Å². The molecule has 1 fully saturated rings. The van der Waals surface area contributed by atoms with Gasteiger partial charge in [0.1, 0.15) is 5.75 Å². The van der Waals surface area contributed by atoms with Crippen LogP contribution in [-0.4, -0.2) is 11.9 Å². The number of rotatable bonds is 2. The number of hydrogen-bond acceptors (Lipinski definition) is 2. The molecular weight excluding hydrogens is 164 g/mol. The van der Waals surface area contributed by atoms with Crippen LogP contribution in [0.1, 0.15) is 19.3 Å². The monoisotopic (exact) mass is 176 g/mol. The van der Waals surface area contributed by atoms with Gasteiger partial charge in [-0.25, -0.2) is 0 Å². The minimum atomic E-state index is -0.192. The summed E-state index contributed by atoms with van der Waals surface area (Å²) in [6.07, 6.45) is 2.32. The Morgan fingerprint density at radius 2 is 2.00 bits per heavy atom. The molecule has 1 saturated carbocycles. The third kappa shape index (κ3) is 1.89. The molecule has 0 bridgehead atoms. The maximum atomic E-state index is 11.3. The summed E-state index contributed by atoms with van der Waals surface area (Å²) in [6.45, 7) is 0. The zero-order chi connectivity index (χ0) is 9.10. The number of Topliss-reactive ketones (excluding diaryl/α,β-unsaturated/α-hetero) is 1. The van der Waals surface area contributed by atoms with Gasteiger partial charge in [0.05, 0.1) is 0 Å². The van der Waals surface area contributed by atoms with Crippen LogP contribution in [0.25, 0.3) is 0 Å². The maximum Gasteiger partial charge on any atom is 0.173 e. The van der Waals surface area contributed by atoms with Crippen molar-refractivity contribution in [2.24, 2.45) is 0 Å². The molecule has 0 amide bonds. The van der Waals surface area contributed by atoms with Gasteiger partial charge in [0.15, 0.2) is 11.9 Å². The molecule has 2 heteroatoms. The van der Waals surface area contributed by atoms with Crippen molar-refractivity contribution in [3.63, 3.8) is 0 Å². The normalized spacial score (nSPS) is 21.8. The predicted octanol–water partition coefficient (Wildman–Crippen LogP) is 2.19. The highest BCUT2D eigenvalue weighted by Crippen LogP contribution is 2.20. The van der Waals surface area contributed by atoms with Crippen molar-refractivity contribution >= 4 is 5.78 Å². The first-order chi connectivity index (χ1) is 6.36. The van der Waals surface area contributed by atoms with Crippen molar-refractivity contribution in [3.8, 4) is 5.75 Å². The summed E-state index contributed by atoms with van der Waals surface area (Å²) >= 11 is 0. The third-order valence-electron chi connectivity index (χ3n) is 2.27. The van der Waals surface area contributed by atoms with Crippen molar-refractivity contribution < 1.29 is 9.53 Å². The number of ether oxygens (including phenoxy) is 1. The van der Waals surface area contributed by atoms with E-state index >= 15 is 0 Å². The third-order valence-corrected chi connectivity index (χ3v) is 2.27. The number of para-hydroxylation sites is 1. The molecule has 68 valence electrons. The summed E-state index contributed by atoms with van der Waals surface area (Å²) in [4.78, 5) is 11.3. The largest absolute Gasteiger partial charge is 0.483 e. The molecule has 1 aromatic rings. The highest BCUT2D eigenvalue weighted by atomic mass is 16.5. The topological polar surface area (TPSA) is 26.3 Å². The Hall–Kier alpha value is -1.31. The molecule has 1 unspecified atom stereocenters. The highest BCUT2D eigenvalue weighted by Gasteiger charge is 2.25. The van der Waals surface area contributed by atoms with Crippen molar-refractivity contribution in [1.82, 2.24) is 0 Å². The molecule has 2 nitrogen and oxygen atoms in total. The second-order valence-corrected chi connectivity index (χ2v) is 3.28. The SMILES string of the molecule is O=C1CCCC1Oc1ccccc1. The Kier molecular flexibility index (Phi) is 2.30. The number of carbonyl (C=O) groups excluding carboxylic acids is 1. The summed E-state index contributed by atoms with van der Waals surface area (Å²) in [5.41, 5.74) is 0. The standard InChI is InChI=1S/C11H12O2/c12-10-7-4-8-11(10)13-9-5-2-1-3-6-9/h1-3,5-6,11H,4,7-8H2. The summed E-state index contributed by atoms with van der Waals surface area (Å²) in [6, 6.07) is 9.52. The lowest BCUT2D eigenvalue weighted by Gasteiger charge is -2.10. The van der Waals surface area contributed by atoms with Crippen molar-refractivity contribution in [2.75, 3.05) is 0 Å². The van der Waals surface area contributed by atoms with Crippen LogP contribution in [0.4, 0.5) is 0 Å². The first-order valence-corrected chi connectivity index (χ1v) is 4.61. The second-order valence-electron chi connectivity index (χ2n) is 3.28. The van der Waals surface area contributed by atoms with Gasteiger partial charge in [-0.1, -0.05) is 18.2 Å². The maximum absolute atomic E-state index is 11.3. The van der Waals surface area contributed by atoms with E-state index < -0.39 is 0 Å². The van der Waals surface area contributed by atoms with Crippen LogP contribution in [0, 0.1) is 0 Å². The molecule has 1 atom stereocenters. The van der Waals surface area contributed by atoms with E-state index in [1.54, 1.807) is 0 Å². The summed E-state index contributed by atoms with van der Waals surface area (Å²) in [5.74, 6) is 1.03. The fourth-order valence-electron chi connectivity index (χ4n) is 1.57. The Balaban J connectivity index is 2.02.